The summed E-state index contributed by atoms with van der Waals surface area (Å²) >= 11 is 0. The van der Waals surface area contributed by atoms with Gasteiger partial charge < -0.3 is 0 Å². The lowest BCUT2D eigenvalue weighted by Crippen LogP contribution is -2.86. The molecule has 270 valence electrons. The van der Waals surface area contributed by atoms with Crippen LogP contribution in [0.15, 0.2) is 188 Å². The summed E-state index contributed by atoms with van der Waals surface area (Å²) in [5.41, 5.74) is 13.7. The normalized spacial score (nSPS) is 21.4. The number of allylic oxidation sites excluding steroid dienone is 2. The van der Waals surface area contributed by atoms with Gasteiger partial charge in [0.25, 0.3) is 5.84 Å². The molecule has 0 saturated carbocycles. The van der Waals surface area contributed by atoms with E-state index in [2.05, 4.69) is 208 Å². The van der Waals surface area contributed by atoms with Gasteiger partial charge in [0, 0.05) is 16.3 Å². The molecule has 4 heteroatoms. The predicted octanol–water partition coefficient (Wildman–Crippen LogP) is 10.0. The van der Waals surface area contributed by atoms with Crippen molar-refractivity contribution in [3.05, 3.63) is 216 Å². The van der Waals surface area contributed by atoms with Crippen molar-refractivity contribution >= 4 is 27.6 Å². The molecular weight excluding hydrogens is 681 g/mol. The largest absolute Gasteiger partial charge is 0.288 e. The molecule has 2 heterocycles. The number of nitrogens with zero attached hydrogens (tertiary/aromatic N) is 1. The van der Waals surface area contributed by atoms with Gasteiger partial charge in [-0.05, 0) is 82.3 Å². The van der Waals surface area contributed by atoms with Crippen LogP contribution >= 0.6 is 0 Å². The second-order valence-corrected chi connectivity index (χ2v) is 15.5. The maximum Gasteiger partial charge on any atom is 0.279 e. The summed E-state index contributed by atoms with van der Waals surface area (Å²) < 4.78 is 2.61. The molecule has 4 atom stereocenters. The van der Waals surface area contributed by atoms with E-state index in [1.807, 2.05) is 0 Å². The third kappa shape index (κ3) is 5.06. The van der Waals surface area contributed by atoms with Crippen LogP contribution in [0.1, 0.15) is 59.5 Å². The zero-order chi connectivity index (χ0) is 37.1. The first kappa shape index (κ1) is 32.9. The molecule has 2 aliphatic carbocycles. The molecule has 7 aromatic carbocycles. The second kappa shape index (κ2) is 13.4. The minimum Gasteiger partial charge on any atom is -0.288 e. The number of benzene rings is 7. The zero-order valence-corrected chi connectivity index (χ0v) is 31.2. The fourth-order valence-corrected chi connectivity index (χ4v) is 10.2. The molecule has 1 aliphatic heterocycles. The lowest BCUT2D eigenvalue weighted by Gasteiger charge is -2.42. The van der Waals surface area contributed by atoms with Crippen LogP contribution in [0.25, 0.3) is 44.1 Å². The van der Waals surface area contributed by atoms with Crippen molar-refractivity contribution in [3.8, 4) is 22.3 Å². The molecule has 11 rings (SSSR count). The molecule has 56 heavy (non-hydrogen) atoms. The second-order valence-electron chi connectivity index (χ2n) is 15.5. The van der Waals surface area contributed by atoms with Gasteiger partial charge in [-0.3, -0.25) is 9.88 Å². The van der Waals surface area contributed by atoms with Crippen LogP contribution in [0.4, 0.5) is 0 Å². The lowest BCUT2D eigenvalue weighted by atomic mass is 9.60. The van der Waals surface area contributed by atoms with Gasteiger partial charge in [0.05, 0.1) is 22.0 Å². The van der Waals surface area contributed by atoms with Crippen LogP contribution in [-0.4, -0.2) is 10.4 Å². The number of rotatable bonds is 6. The van der Waals surface area contributed by atoms with E-state index in [4.69, 9.17) is 0 Å². The number of aromatic nitrogens is 1. The monoisotopic (exact) mass is 723 g/mol. The van der Waals surface area contributed by atoms with Crippen molar-refractivity contribution in [1.29, 1.82) is 0 Å². The number of hydrogen-bond acceptors (Lipinski definition) is 2. The Kier molecular flexibility index (Phi) is 7.85. The van der Waals surface area contributed by atoms with Gasteiger partial charge in [0.2, 0.25) is 6.29 Å². The fourth-order valence-electron chi connectivity index (χ4n) is 10.2. The van der Waals surface area contributed by atoms with Crippen molar-refractivity contribution in [2.75, 3.05) is 0 Å². The highest BCUT2D eigenvalue weighted by Gasteiger charge is 2.51. The lowest BCUT2D eigenvalue weighted by molar-refractivity contribution is -0.547. The molecule has 0 spiro atoms. The summed E-state index contributed by atoms with van der Waals surface area (Å²) in [6.07, 6.45) is 7.62. The molecule has 8 aromatic rings. The van der Waals surface area contributed by atoms with E-state index in [0.717, 1.165) is 30.7 Å². The quantitative estimate of drug-likeness (QED) is 0.150. The summed E-state index contributed by atoms with van der Waals surface area (Å²) in [7, 11) is 0. The van der Waals surface area contributed by atoms with Gasteiger partial charge in [0.1, 0.15) is 0 Å². The average Bonchev–Trinajstić information content (AvgIpc) is 3.78. The van der Waals surface area contributed by atoms with Crippen molar-refractivity contribution in [2.45, 2.75) is 37.1 Å². The van der Waals surface area contributed by atoms with Gasteiger partial charge in [-0.1, -0.05) is 170 Å². The number of nitrogens with one attached hydrogen (secondary N) is 3. The molecule has 1 aromatic heterocycles. The number of fused-ring (bicyclic) bond motifs is 7. The maximum atomic E-state index is 4.08. The Balaban J connectivity index is 1.28. The molecule has 0 fully saturated rings. The maximum absolute atomic E-state index is 4.08. The molecule has 4 nitrogen and oxygen atoms in total. The summed E-state index contributed by atoms with van der Waals surface area (Å²) in [5.74, 6) is 1.38. The molecule has 4 unspecified atom stereocenters. The molecule has 0 amide bonds. The van der Waals surface area contributed by atoms with Crippen LogP contribution < -0.4 is 15.6 Å². The van der Waals surface area contributed by atoms with E-state index in [1.54, 1.807) is 0 Å². The van der Waals surface area contributed by atoms with Crippen molar-refractivity contribution in [3.63, 3.8) is 0 Å². The smallest absolute Gasteiger partial charge is 0.279 e. The van der Waals surface area contributed by atoms with E-state index in [9.17, 15) is 0 Å². The van der Waals surface area contributed by atoms with Gasteiger partial charge >= 0.3 is 0 Å². The molecule has 0 saturated heterocycles. The predicted molar refractivity (Wildman–Crippen MR) is 229 cm³/mol. The Morgan fingerprint density at radius 2 is 1.27 bits per heavy atom. The summed E-state index contributed by atoms with van der Waals surface area (Å²) in [6.45, 7) is 0. The third-order valence-electron chi connectivity index (χ3n) is 12.6. The highest BCUT2D eigenvalue weighted by atomic mass is 15.4. The first-order chi connectivity index (χ1) is 27.8. The minimum absolute atomic E-state index is 0.140. The topological polar surface area (TPSA) is 43.0 Å². The van der Waals surface area contributed by atoms with Gasteiger partial charge in [-0.2, -0.15) is 0 Å². The fraction of sp³-hybridized carbons (Fsp3) is 0.135. The average molecular weight is 724 g/mol. The Bertz CT molecular complexity index is 2790. The SMILES string of the molecule is C1=CCC(C2(c3ccccc3)c3ccccc3-c3ccc4c5ccc(-c6ccccc6)cc5n(C5NC(c6ccccc6)NC(c6ccccc6)=[NH+]5)c4c32)CC1. The van der Waals surface area contributed by atoms with Crippen molar-refractivity contribution in [2.24, 2.45) is 5.92 Å². The molecule has 0 radical (unpaired) electrons. The van der Waals surface area contributed by atoms with Gasteiger partial charge in [-0.15, -0.1) is 0 Å². The summed E-state index contributed by atoms with van der Waals surface area (Å²) in [6, 6.07) is 64.8. The Morgan fingerprint density at radius 1 is 0.589 bits per heavy atom. The number of amidine groups is 1. The van der Waals surface area contributed by atoms with Crippen LogP contribution in [0.2, 0.25) is 0 Å². The van der Waals surface area contributed by atoms with E-state index in [1.165, 1.54) is 66.3 Å². The Hall–Kier alpha value is -6.49. The van der Waals surface area contributed by atoms with Crippen LogP contribution in [-0.2, 0) is 5.41 Å². The molecule has 0 bridgehead atoms. The summed E-state index contributed by atoms with van der Waals surface area (Å²) in [4.78, 5) is 4.02. The standard InChI is InChI=1S/C52H42N4/c1-6-18-35(19-7-1)38-30-31-42-44-33-32-43-41-28-16-17-29-45(41)52(39-24-12-4-13-25-39,40-26-14-5-15-27-40)47(43)48(44)56(46(42)34-38)51-54-49(36-20-8-2-9-21-36)53-50(55-51)37-22-10-3-11-23-37/h1-14,16-25,28-34,40,49,51,54H,15,26-27H2,(H,53,55)/p+1. The first-order valence-electron chi connectivity index (χ1n) is 20.0. The van der Waals surface area contributed by atoms with Gasteiger partial charge in [0.15, 0.2) is 6.17 Å². The molecule has 3 aliphatic rings. The van der Waals surface area contributed by atoms with Crippen LogP contribution in [0.5, 0.6) is 0 Å². The van der Waals surface area contributed by atoms with E-state index in [-0.39, 0.29) is 17.9 Å². The minimum atomic E-state index is -0.358. The summed E-state index contributed by atoms with van der Waals surface area (Å²) in [5, 5.41) is 10.5. The Morgan fingerprint density at radius 3 is 2.02 bits per heavy atom. The van der Waals surface area contributed by atoms with Crippen LogP contribution in [0, 0.1) is 5.92 Å². The highest BCUT2D eigenvalue weighted by Crippen LogP contribution is 2.61. The van der Waals surface area contributed by atoms with E-state index >= 15 is 0 Å². The number of hydrogen-bond donors (Lipinski definition) is 3. The van der Waals surface area contributed by atoms with E-state index in [0.29, 0.717) is 5.92 Å². The molecular formula is C52H43N4+. The van der Waals surface area contributed by atoms with Crippen molar-refractivity contribution < 1.29 is 4.99 Å². The zero-order valence-electron chi connectivity index (χ0n) is 31.2. The first-order valence-corrected chi connectivity index (χ1v) is 20.0. The third-order valence-corrected chi connectivity index (χ3v) is 12.6. The van der Waals surface area contributed by atoms with Gasteiger partial charge in [-0.25, -0.2) is 10.3 Å². The Labute approximate surface area is 327 Å². The molecule has 3 N–H and O–H groups in total. The van der Waals surface area contributed by atoms with E-state index < -0.39 is 0 Å². The highest BCUT2D eigenvalue weighted by molar-refractivity contribution is 6.13. The van der Waals surface area contributed by atoms with Crippen molar-refractivity contribution in [1.82, 2.24) is 15.2 Å². The van der Waals surface area contributed by atoms with Crippen LogP contribution in [0.3, 0.4) is 0 Å².